The quantitative estimate of drug-likeness (QED) is 0.847. The summed E-state index contributed by atoms with van der Waals surface area (Å²) in [5, 5.41) is 7.68. The molecule has 2 rings (SSSR count). The first-order chi connectivity index (χ1) is 6.65. The standard InChI is InChI=1S/C6H3BrN4O2S/c7-3-1-2-4(11-10-3)9-6(14-2)13-5(8)12/h1H,(H2,8,12). The van der Waals surface area contributed by atoms with Crippen molar-refractivity contribution >= 4 is 43.7 Å². The molecule has 2 heterocycles. The minimum absolute atomic E-state index is 0.167. The van der Waals surface area contributed by atoms with Gasteiger partial charge in [-0.15, -0.1) is 10.2 Å². The van der Waals surface area contributed by atoms with Gasteiger partial charge < -0.3 is 10.5 Å². The summed E-state index contributed by atoms with van der Waals surface area (Å²) >= 11 is 4.34. The van der Waals surface area contributed by atoms with Crippen molar-refractivity contribution in [1.82, 2.24) is 15.2 Å². The van der Waals surface area contributed by atoms with Crippen molar-refractivity contribution in [3.05, 3.63) is 10.7 Å². The molecule has 0 atom stereocenters. The number of carbonyl (C=O) groups is 1. The van der Waals surface area contributed by atoms with Crippen LogP contribution in [0.4, 0.5) is 4.79 Å². The molecule has 8 heteroatoms. The Morgan fingerprint density at radius 2 is 2.36 bits per heavy atom. The zero-order valence-corrected chi connectivity index (χ0v) is 9.00. The predicted molar refractivity (Wildman–Crippen MR) is 53.1 cm³/mol. The van der Waals surface area contributed by atoms with Gasteiger partial charge in [-0.25, -0.2) is 4.79 Å². The maximum Gasteiger partial charge on any atom is 0.411 e. The van der Waals surface area contributed by atoms with E-state index in [4.69, 9.17) is 5.73 Å². The number of amides is 1. The summed E-state index contributed by atoms with van der Waals surface area (Å²) in [4.78, 5) is 14.3. The van der Waals surface area contributed by atoms with Gasteiger partial charge >= 0.3 is 6.09 Å². The van der Waals surface area contributed by atoms with E-state index >= 15 is 0 Å². The van der Waals surface area contributed by atoms with Crippen molar-refractivity contribution in [2.75, 3.05) is 0 Å². The van der Waals surface area contributed by atoms with Crippen LogP contribution in [0.25, 0.3) is 10.3 Å². The maximum atomic E-state index is 10.4. The van der Waals surface area contributed by atoms with Crippen LogP contribution in [-0.4, -0.2) is 21.3 Å². The first-order valence-corrected chi connectivity index (χ1v) is 5.03. The number of nitrogens with zero attached hydrogens (tertiary/aromatic N) is 3. The van der Waals surface area contributed by atoms with Crippen molar-refractivity contribution in [3.8, 4) is 5.19 Å². The molecule has 0 spiro atoms. The summed E-state index contributed by atoms with van der Waals surface area (Å²) in [6.07, 6.45) is -0.893. The summed E-state index contributed by atoms with van der Waals surface area (Å²) in [6.45, 7) is 0. The average Bonchev–Trinajstić information content (AvgIpc) is 2.44. The molecule has 0 aliphatic carbocycles. The Labute approximate surface area is 90.2 Å². The molecule has 2 N–H and O–H groups in total. The molecule has 2 aromatic rings. The monoisotopic (exact) mass is 274 g/mol. The van der Waals surface area contributed by atoms with Crippen molar-refractivity contribution in [3.63, 3.8) is 0 Å². The number of rotatable bonds is 1. The first-order valence-electron chi connectivity index (χ1n) is 3.42. The molecular weight excluding hydrogens is 272 g/mol. The van der Waals surface area contributed by atoms with Crippen LogP contribution in [0.2, 0.25) is 0 Å². The van der Waals surface area contributed by atoms with E-state index in [1.54, 1.807) is 6.07 Å². The van der Waals surface area contributed by atoms with Crippen LogP contribution < -0.4 is 10.5 Å². The summed E-state index contributed by atoms with van der Waals surface area (Å²) in [6, 6.07) is 1.73. The van der Waals surface area contributed by atoms with Crippen LogP contribution in [0.3, 0.4) is 0 Å². The van der Waals surface area contributed by atoms with Crippen LogP contribution in [0.1, 0.15) is 0 Å². The van der Waals surface area contributed by atoms with Gasteiger partial charge in [-0.3, -0.25) is 0 Å². The van der Waals surface area contributed by atoms with E-state index in [1.165, 1.54) is 11.3 Å². The lowest BCUT2D eigenvalue weighted by molar-refractivity contribution is 0.211. The van der Waals surface area contributed by atoms with Gasteiger partial charge in [0.25, 0.3) is 5.19 Å². The van der Waals surface area contributed by atoms with Crippen LogP contribution in [-0.2, 0) is 0 Å². The lowest BCUT2D eigenvalue weighted by Crippen LogP contribution is -2.15. The fraction of sp³-hybridized carbons (Fsp3) is 0. The number of hydrogen-bond acceptors (Lipinski definition) is 6. The molecule has 14 heavy (non-hydrogen) atoms. The summed E-state index contributed by atoms with van der Waals surface area (Å²) in [5.41, 5.74) is 5.26. The van der Waals surface area contributed by atoms with Gasteiger partial charge in [0.2, 0.25) is 0 Å². The Kier molecular flexibility index (Phi) is 2.30. The number of hydrogen-bond donors (Lipinski definition) is 1. The van der Waals surface area contributed by atoms with E-state index in [9.17, 15) is 4.79 Å². The zero-order chi connectivity index (χ0) is 10.1. The van der Waals surface area contributed by atoms with Gasteiger partial charge in [-0.1, -0.05) is 11.3 Å². The molecule has 0 unspecified atom stereocenters. The molecular formula is C6H3BrN4O2S. The van der Waals surface area contributed by atoms with Crippen molar-refractivity contribution in [2.45, 2.75) is 0 Å². The van der Waals surface area contributed by atoms with E-state index in [0.717, 1.165) is 4.70 Å². The first kappa shape index (κ1) is 9.28. The second-order valence-electron chi connectivity index (χ2n) is 2.26. The van der Waals surface area contributed by atoms with E-state index < -0.39 is 6.09 Å². The lowest BCUT2D eigenvalue weighted by atomic mass is 10.6. The third kappa shape index (κ3) is 1.80. The van der Waals surface area contributed by atoms with E-state index in [0.29, 0.717) is 10.3 Å². The van der Waals surface area contributed by atoms with Crippen LogP contribution in [0, 0.1) is 0 Å². The Bertz CT molecular complexity index is 500. The molecule has 0 bridgehead atoms. The maximum absolute atomic E-state index is 10.4. The van der Waals surface area contributed by atoms with Crippen LogP contribution in [0.15, 0.2) is 10.7 Å². The number of carbonyl (C=O) groups excluding carboxylic acids is 1. The highest BCUT2D eigenvalue weighted by Gasteiger charge is 2.08. The zero-order valence-electron chi connectivity index (χ0n) is 6.60. The minimum Gasteiger partial charge on any atom is -0.381 e. The third-order valence-corrected chi connectivity index (χ3v) is 2.55. The number of nitrogens with two attached hydrogens (primary N) is 1. The molecule has 0 fully saturated rings. The fourth-order valence-electron chi connectivity index (χ4n) is 0.832. The van der Waals surface area contributed by atoms with Gasteiger partial charge in [0.15, 0.2) is 5.65 Å². The molecule has 6 nitrogen and oxygen atoms in total. The number of fused-ring (bicyclic) bond motifs is 1. The molecule has 0 aromatic carbocycles. The third-order valence-electron chi connectivity index (χ3n) is 1.29. The molecule has 2 aromatic heterocycles. The highest BCUT2D eigenvalue weighted by Crippen LogP contribution is 2.27. The smallest absolute Gasteiger partial charge is 0.381 e. The van der Waals surface area contributed by atoms with Crippen LogP contribution >= 0.6 is 27.3 Å². The number of ether oxygens (including phenoxy) is 1. The molecule has 0 saturated carbocycles. The summed E-state index contributed by atoms with van der Waals surface area (Å²) < 4.78 is 5.97. The highest BCUT2D eigenvalue weighted by atomic mass is 79.9. The number of halogens is 1. The molecule has 1 amide bonds. The Hall–Kier alpha value is -1.28. The lowest BCUT2D eigenvalue weighted by Gasteiger charge is -1.89. The Balaban J connectivity index is 2.46. The van der Waals surface area contributed by atoms with E-state index in [-0.39, 0.29) is 5.19 Å². The molecule has 0 aliphatic rings. The number of primary amides is 1. The summed E-state index contributed by atoms with van der Waals surface area (Å²) in [5.74, 6) is 0. The molecule has 0 aliphatic heterocycles. The highest BCUT2D eigenvalue weighted by molar-refractivity contribution is 9.10. The van der Waals surface area contributed by atoms with Crippen LogP contribution in [0.5, 0.6) is 5.19 Å². The Morgan fingerprint density at radius 1 is 1.57 bits per heavy atom. The molecule has 72 valence electrons. The van der Waals surface area contributed by atoms with Gasteiger partial charge in [0.1, 0.15) is 4.60 Å². The average molecular weight is 275 g/mol. The molecule has 0 saturated heterocycles. The fourth-order valence-corrected chi connectivity index (χ4v) is 2.08. The van der Waals surface area contributed by atoms with Gasteiger partial charge in [0, 0.05) is 0 Å². The normalized spacial score (nSPS) is 10.4. The number of aromatic nitrogens is 3. The van der Waals surface area contributed by atoms with Gasteiger partial charge in [0.05, 0.1) is 4.70 Å². The second-order valence-corrected chi connectivity index (χ2v) is 4.06. The topological polar surface area (TPSA) is 91.0 Å². The van der Waals surface area contributed by atoms with Crippen molar-refractivity contribution in [1.29, 1.82) is 0 Å². The van der Waals surface area contributed by atoms with Gasteiger partial charge in [-0.2, -0.15) is 4.98 Å². The van der Waals surface area contributed by atoms with E-state index in [1.807, 2.05) is 0 Å². The Morgan fingerprint density at radius 3 is 3.07 bits per heavy atom. The minimum atomic E-state index is -0.893. The van der Waals surface area contributed by atoms with Crippen molar-refractivity contribution < 1.29 is 9.53 Å². The second kappa shape index (κ2) is 3.46. The predicted octanol–water partition coefficient (Wildman–Crippen LogP) is 1.31. The number of thiazole rings is 1. The largest absolute Gasteiger partial charge is 0.411 e. The SMILES string of the molecule is NC(=O)Oc1nc2nnc(Br)cc2s1. The van der Waals surface area contributed by atoms with Crippen molar-refractivity contribution in [2.24, 2.45) is 5.73 Å². The summed E-state index contributed by atoms with van der Waals surface area (Å²) in [7, 11) is 0. The molecule has 0 radical (unpaired) electrons. The van der Waals surface area contributed by atoms with E-state index in [2.05, 4.69) is 35.8 Å². The van der Waals surface area contributed by atoms with Gasteiger partial charge in [-0.05, 0) is 22.0 Å².